The van der Waals surface area contributed by atoms with E-state index in [9.17, 15) is 9.59 Å². The van der Waals surface area contributed by atoms with E-state index in [1.807, 2.05) is 4.90 Å². The third kappa shape index (κ3) is 3.45. The zero-order valence-electron chi connectivity index (χ0n) is 10.7. The molecule has 2 heterocycles. The van der Waals surface area contributed by atoms with E-state index in [-0.39, 0.29) is 17.5 Å². The Morgan fingerprint density at radius 3 is 3.00 bits per heavy atom. The average molecular weight is 328 g/mol. The van der Waals surface area contributed by atoms with Crippen LogP contribution in [-0.2, 0) is 11.3 Å². The number of hydrogen-bond acceptors (Lipinski definition) is 3. The van der Waals surface area contributed by atoms with Crippen molar-refractivity contribution in [2.24, 2.45) is 5.73 Å². The van der Waals surface area contributed by atoms with Crippen LogP contribution in [0, 0.1) is 0 Å². The summed E-state index contributed by atoms with van der Waals surface area (Å²) >= 11 is 3.32. The van der Waals surface area contributed by atoms with Crippen molar-refractivity contribution in [1.29, 1.82) is 0 Å². The van der Waals surface area contributed by atoms with E-state index >= 15 is 0 Å². The molecule has 0 saturated carbocycles. The predicted molar refractivity (Wildman–Crippen MR) is 76.8 cm³/mol. The zero-order chi connectivity index (χ0) is 13.8. The molecule has 0 aliphatic carbocycles. The van der Waals surface area contributed by atoms with Gasteiger partial charge < -0.3 is 15.2 Å². The number of rotatable bonds is 4. The first kappa shape index (κ1) is 14.3. The molecule has 1 aromatic heterocycles. The topological polar surface area (TPSA) is 68.3 Å². The molecule has 1 fully saturated rings. The lowest BCUT2D eigenvalue weighted by atomic mass is 10.2. The van der Waals surface area contributed by atoms with Gasteiger partial charge in [-0.3, -0.25) is 9.59 Å². The van der Waals surface area contributed by atoms with Gasteiger partial charge in [0.2, 0.25) is 5.91 Å². The Balaban J connectivity index is 1.97. The van der Waals surface area contributed by atoms with Crippen LogP contribution in [0.5, 0.6) is 0 Å². The summed E-state index contributed by atoms with van der Waals surface area (Å²) in [5, 5.41) is 0. The molecule has 6 heteroatoms. The van der Waals surface area contributed by atoms with Crippen molar-refractivity contribution in [3.63, 3.8) is 0 Å². The molecule has 19 heavy (non-hydrogen) atoms. The molecular weight excluding hydrogens is 310 g/mol. The molecule has 0 spiro atoms. The lowest BCUT2D eigenvalue weighted by molar-refractivity contribution is -0.132. The van der Waals surface area contributed by atoms with Crippen LogP contribution in [0.2, 0.25) is 0 Å². The summed E-state index contributed by atoms with van der Waals surface area (Å²) < 4.78 is 2.38. The maximum absolute atomic E-state index is 12.1. The average Bonchev–Trinajstić information content (AvgIpc) is 2.88. The summed E-state index contributed by atoms with van der Waals surface area (Å²) in [7, 11) is 0. The molecule has 1 aromatic rings. The fourth-order valence-electron chi connectivity index (χ4n) is 2.45. The number of aromatic nitrogens is 1. The summed E-state index contributed by atoms with van der Waals surface area (Å²) in [4.78, 5) is 25.6. The van der Waals surface area contributed by atoms with Gasteiger partial charge in [-0.2, -0.15) is 0 Å². The smallest absolute Gasteiger partial charge is 0.250 e. The molecule has 5 nitrogen and oxygen atoms in total. The van der Waals surface area contributed by atoms with Crippen molar-refractivity contribution < 1.29 is 4.79 Å². The van der Waals surface area contributed by atoms with Crippen LogP contribution in [0.25, 0.3) is 0 Å². The van der Waals surface area contributed by atoms with E-state index in [1.54, 1.807) is 16.8 Å². The van der Waals surface area contributed by atoms with Crippen molar-refractivity contribution in [3.05, 3.63) is 33.2 Å². The number of aryl methyl sites for hydroxylation is 1. The highest BCUT2D eigenvalue weighted by Gasteiger charge is 2.26. The third-order valence-electron chi connectivity index (χ3n) is 3.48. The van der Waals surface area contributed by atoms with Gasteiger partial charge in [0.25, 0.3) is 5.56 Å². The van der Waals surface area contributed by atoms with Crippen LogP contribution in [0.15, 0.2) is 27.6 Å². The van der Waals surface area contributed by atoms with Gasteiger partial charge in [-0.15, -0.1) is 0 Å². The third-order valence-corrected chi connectivity index (χ3v) is 3.95. The first-order valence-electron chi connectivity index (χ1n) is 6.47. The second kappa shape index (κ2) is 6.34. The molecule has 1 atom stereocenters. The number of hydrogen-bond donors (Lipinski definition) is 1. The highest BCUT2D eigenvalue weighted by molar-refractivity contribution is 9.10. The van der Waals surface area contributed by atoms with Gasteiger partial charge in [0, 0.05) is 48.8 Å². The molecule has 2 N–H and O–H groups in total. The van der Waals surface area contributed by atoms with Crippen molar-refractivity contribution in [2.75, 3.05) is 13.1 Å². The Morgan fingerprint density at radius 1 is 1.47 bits per heavy atom. The van der Waals surface area contributed by atoms with Gasteiger partial charge in [-0.05, 0) is 34.8 Å². The lowest BCUT2D eigenvalue weighted by Gasteiger charge is -2.23. The number of halogens is 1. The second-order valence-electron chi connectivity index (χ2n) is 4.75. The minimum absolute atomic E-state index is 0.0832. The largest absolute Gasteiger partial charge is 0.338 e. The van der Waals surface area contributed by atoms with E-state index in [0.29, 0.717) is 19.5 Å². The zero-order valence-corrected chi connectivity index (χ0v) is 12.3. The van der Waals surface area contributed by atoms with E-state index < -0.39 is 0 Å². The molecule has 0 unspecified atom stereocenters. The van der Waals surface area contributed by atoms with Crippen molar-refractivity contribution in [1.82, 2.24) is 9.47 Å². The molecule has 2 rings (SSSR count). The summed E-state index contributed by atoms with van der Waals surface area (Å²) in [6.45, 7) is 1.71. The first-order valence-corrected chi connectivity index (χ1v) is 7.26. The molecule has 1 saturated heterocycles. The number of nitrogens with two attached hydrogens (primary N) is 1. The van der Waals surface area contributed by atoms with Gasteiger partial charge in [0.15, 0.2) is 0 Å². The van der Waals surface area contributed by atoms with Gasteiger partial charge >= 0.3 is 0 Å². The fraction of sp³-hybridized carbons (Fsp3) is 0.538. The highest BCUT2D eigenvalue weighted by atomic mass is 79.9. The van der Waals surface area contributed by atoms with Gasteiger partial charge in [0.1, 0.15) is 0 Å². The maximum Gasteiger partial charge on any atom is 0.250 e. The van der Waals surface area contributed by atoms with E-state index in [2.05, 4.69) is 15.9 Å². The highest BCUT2D eigenvalue weighted by Crippen LogP contribution is 2.17. The first-order chi connectivity index (χ1) is 9.11. The predicted octanol–water partition coefficient (Wildman–Crippen LogP) is 0.951. The summed E-state index contributed by atoms with van der Waals surface area (Å²) in [5.41, 5.74) is 5.57. The summed E-state index contributed by atoms with van der Waals surface area (Å²) in [6, 6.07) is 3.37. The Hall–Kier alpha value is -1.14. The van der Waals surface area contributed by atoms with Gasteiger partial charge in [-0.1, -0.05) is 0 Å². The van der Waals surface area contributed by atoms with Gasteiger partial charge in [-0.25, -0.2) is 0 Å². The van der Waals surface area contributed by atoms with Gasteiger partial charge in [0.05, 0.1) is 0 Å². The monoisotopic (exact) mass is 327 g/mol. The number of nitrogens with zero attached hydrogens (tertiary/aromatic N) is 2. The quantitative estimate of drug-likeness (QED) is 0.895. The van der Waals surface area contributed by atoms with E-state index in [1.165, 1.54) is 6.07 Å². The molecule has 0 bridgehead atoms. The van der Waals surface area contributed by atoms with Crippen LogP contribution in [0.3, 0.4) is 0 Å². The summed E-state index contributed by atoms with van der Waals surface area (Å²) in [6.07, 6.45) is 4.05. The number of likely N-dealkylation sites (tertiary alicyclic amines) is 1. The molecular formula is C13H18BrN3O2. The second-order valence-corrected chi connectivity index (χ2v) is 5.66. The van der Waals surface area contributed by atoms with Crippen LogP contribution in [0.1, 0.15) is 19.3 Å². The Bertz CT molecular complexity index is 515. The van der Waals surface area contributed by atoms with Crippen LogP contribution in [0.4, 0.5) is 0 Å². The van der Waals surface area contributed by atoms with Crippen molar-refractivity contribution >= 4 is 21.8 Å². The minimum Gasteiger partial charge on any atom is -0.338 e. The Kier molecular flexibility index (Phi) is 4.76. The van der Waals surface area contributed by atoms with E-state index in [4.69, 9.17) is 5.73 Å². The fourth-order valence-corrected chi connectivity index (χ4v) is 2.83. The lowest BCUT2D eigenvalue weighted by Crippen LogP contribution is -2.40. The standard InChI is InChI=1S/C13H18BrN3O2/c14-10-3-4-12(18)16(9-10)7-5-13(19)17-6-1-2-11(17)8-15/h3-4,9,11H,1-2,5-8,15H2/t11-/m1/s1. The van der Waals surface area contributed by atoms with Crippen molar-refractivity contribution in [3.8, 4) is 0 Å². The van der Waals surface area contributed by atoms with Crippen LogP contribution < -0.4 is 11.3 Å². The van der Waals surface area contributed by atoms with Crippen LogP contribution >= 0.6 is 15.9 Å². The number of carbonyl (C=O) groups excluding carboxylic acids is 1. The summed E-state index contributed by atoms with van der Waals surface area (Å²) in [5.74, 6) is 0.0832. The normalized spacial score (nSPS) is 18.8. The Labute approximate surface area is 120 Å². The number of carbonyl (C=O) groups is 1. The molecule has 1 aliphatic heterocycles. The van der Waals surface area contributed by atoms with Crippen molar-refractivity contribution in [2.45, 2.75) is 31.8 Å². The van der Waals surface area contributed by atoms with Crippen LogP contribution in [-0.4, -0.2) is 34.5 Å². The SMILES string of the molecule is NC[C@H]1CCCN1C(=O)CCn1cc(Br)ccc1=O. The molecule has 1 aliphatic rings. The molecule has 0 aromatic carbocycles. The molecule has 1 amide bonds. The molecule has 0 radical (unpaired) electrons. The maximum atomic E-state index is 12.1. The minimum atomic E-state index is -0.0900. The number of pyridine rings is 1. The Morgan fingerprint density at radius 2 is 2.26 bits per heavy atom. The molecule has 104 valence electrons. The number of amides is 1. The van der Waals surface area contributed by atoms with E-state index in [0.717, 1.165) is 23.9 Å².